The van der Waals surface area contributed by atoms with Crippen molar-refractivity contribution < 1.29 is 28.4 Å². The van der Waals surface area contributed by atoms with Crippen LogP contribution in [0.15, 0.2) is 60.7 Å². The molecule has 0 unspecified atom stereocenters. The maximum absolute atomic E-state index is 7.02. The van der Waals surface area contributed by atoms with Gasteiger partial charge in [0.15, 0.2) is 23.3 Å². The van der Waals surface area contributed by atoms with Gasteiger partial charge in [-0.3, -0.25) is 0 Å². The van der Waals surface area contributed by atoms with Crippen molar-refractivity contribution in [3.8, 4) is 68.5 Å². The number of unbranched alkanes of at least 4 members (excludes halogenated alkanes) is 4. The lowest BCUT2D eigenvalue weighted by molar-refractivity contribution is 0.0855. The molecule has 4 aromatic carbocycles. The lowest BCUT2D eigenvalue weighted by atomic mass is 9.85. The zero-order valence-electron chi connectivity index (χ0n) is 46.7. The standard InChI is InChI=1S/C64H70N8O6/c1-11-15-27-73-51-43-39-23-24-40(77-39)44(43)52(74-28-16-12-2)48-47(51)59-67-55-35-21-19-33(63(5,6)7)31-37(35)57(65-55)69-61-49-50(54(76-30-18-14-4)46-42-26-25-41(78-42)45(46)53(49)75-29-17-13-3)62(72-61)70-58-38-32-34(64(8,9)10)20-22-36(38)56(66-58)68-60(48)71-59/h19-26,31-32,39-42H,11-18,27-30H2,1-10H3,(H2,65,66,67,68,69,70,71,72)/t39-,40+,41-,42+. The van der Waals surface area contributed by atoms with Crippen LogP contribution in [0.2, 0.25) is 0 Å². The third-order valence-corrected chi connectivity index (χ3v) is 16.0. The van der Waals surface area contributed by atoms with Crippen molar-refractivity contribution in [1.82, 2.24) is 39.9 Å². The Bertz CT molecular complexity index is 3600. The third-order valence-electron chi connectivity index (χ3n) is 16.0. The van der Waals surface area contributed by atoms with Crippen LogP contribution in [-0.4, -0.2) is 66.3 Å². The van der Waals surface area contributed by atoms with Gasteiger partial charge in [-0.1, -0.05) is 143 Å². The summed E-state index contributed by atoms with van der Waals surface area (Å²) in [5, 5.41) is 3.02. The van der Waals surface area contributed by atoms with Gasteiger partial charge in [-0.15, -0.1) is 0 Å². The molecule has 2 N–H and O–H groups in total. The van der Waals surface area contributed by atoms with Crippen molar-refractivity contribution in [2.75, 3.05) is 26.4 Å². The summed E-state index contributed by atoms with van der Waals surface area (Å²) in [4.78, 5) is 40.9. The van der Waals surface area contributed by atoms with Crippen LogP contribution in [-0.2, 0) is 20.3 Å². The maximum Gasteiger partial charge on any atom is 0.164 e. The predicted molar refractivity (Wildman–Crippen MR) is 306 cm³/mol. The Hall–Kier alpha value is -7.16. The van der Waals surface area contributed by atoms with E-state index >= 15 is 0 Å². The summed E-state index contributed by atoms with van der Waals surface area (Å²) in [6.45, 7) is 24.1. The molecule has 0 aliphatic carbocycles. The number of hydrogen-bond acceptors (Lipinski definition) is 12. The smallest absolute Gasteiger partial charge is 0.164 e. The summed E-state index contributed by atoms with van der Waals surface area (Å²) < 4.78 is 41.4. The van der Waals surface area contributed by atoms with Crippen LogP contribution < -0.4 is 18.9 Å². The van der Waals surface area contributed by atoms with Crippen molar-refractivity contribution in [3.63, 3.8) is 0 Å². The van der Waals surface area contributed by atoms with Gasteiger partial charge in [-0.2, -0.15) is 0 Å². The molecular formula is C64H70N8O6. The molecule has 0 spiro atoms. The summed E-state index contributed by atoms with van der Waals surface area (Å²) in [7, 11) is 0. The molecule has 0 amide bonds. The fourth-order valence-electron chi connectivity index (χ4n) is 11.7. The number of aromatic nitrogens is 8. The van der Waals surface area contributed by atoms with E-state index in [9.17, 15) is 0 Å². The van der Waals surface area contributed by atoms with Gasteiger partial charge in [0, 0.05) is 44.5 Å². The summed E-state index contributed by atoms with van der Waals surface area (Å²) in [5.74, 6) is 4.82. The molecule has 0 saturated carbocycles. The molecule has 14 nitrogen and oxygen atoms in total. The molecule has 6 aliphatic heterocycles. The summed E-state index contributed by atoms with van der Waals surface area (Å²) in [6.07, 6.45) is 14.6. The first-order chi connectivity index (χ1) is 37.8. The largest absolute Gasteiger partial charge is 0.492 e. The van der Waals surface area contributed by atoms with E-state index in [1.54, 1.807) is 0 Å². The van der Waals surface area contributed by atoms with E-state index < -0.39 is 0 Å². The van der Waals surface area contributed by atoms with Crippen molar-refractivity contribution in [2.24, 2.45) is 0 Å². The van der Waals surface area contributed by atoms with Crippen LogP contribution in [0.25, 0.3) is 89.7 Å². The van der Waals surface area contributed by atoms with E-state index in [1.165, 1.54) is 0 Å². The second kappa shape index (κ2) is 19.3. The van der Waals surface area contributed by atoms with Gasteiger partial charge >= 0.3 is 0 Å². The quantitative estimate of drug-likeness (QED) is 0.0696. The Labute approximate surface area is 455 Å². The molecule has 13 rings (SSSR count). The first kappa shape index (κ1) is 50.4. The van der Waals surface area contributed by atoms with Crippen molar-refractivity contribution in [1.29, 1.82) is 0 Å². The van der Waals surface area contributed by atoms with Gasteiger partial charge in [0.2, 0.25) is 0 Å². The number of ether oxygens (including phenoxy) is 6. The van der Waals surface area contributed by atoms with E-state index in [0.717, 1.165) is 129 Å². The normalized spacial score (nSPS) is 18.3. The first-order valence-electron chi connectivity index (χ1n) is 28.6. The molecule has 0 saturated heterocycles. The molecule has 78 heavy (non-hydrogen) atoms. The van der Waals surface area contributed by atoms with Crippen LogP contribution >= 0.6 is 0 Å². The van der Waals surface area contributed by atoms with Gasteiger partial charge in [-0.05, 0) is 59.8 Å². The minimum absolute atomic E-state index is 0.180. The second-order valence-electron chi connectivity index (χ2n) is 23.6. The second-order valence-corrected chi connectivity index (χ2v) is 23.6. The molecular weight excluding hydrogens is 977 g/mol. The van der Waals surface area contributed by atoms with Crippen molar-refractivity contribution >= 4 is 44.1 Å². The molecule has 9 heterocycles. The van der Waals surface area contributed by atoms with E-state index in [0.29, 0.717) is 95.3 Å². The number of fused-ring (bicyclic) bond motifs is 30. The Morgan fingerprint density at radius 2 is 0.679 bits per heavy atom. The number of hydrogen-bond donors (Lipinski definition) is 2. The van der Waals surface area contributed by atoms with Crippen LogP contribution in [0.4, 0.5) is 0 Å². The molecule has 7 aromatic rings. The maximum atomic E-state index is 7.02. The van der Waals surface area contributed by atoms with Crippen molar-refractivity contribution in [2.45, 2.75) is 156 Å². The molecule has 6 aliphatic rings. The van der Waals surface area contributed by atoms with Crippen molar-refractivity contribution in [3.05, 3.63) is 94.1 Å². The molecule has 14 heteroatoms. The molecule has 0 radical (unpaired) electrons. The van der Waals surface area contributed by atoms with E-state index in [4.69, 9.17) is 58.3 Å². The van der Waals surface area contributed by atoms with E-state index in [2.05, 4.69) is 140 Å². The van der Waals surface area contributed by atoms with Gasteiger partial charge < -0.3 is 38.4 Å². The van der Waals surface area contributed by atoms with Gasteiger partial charge in [0.25, 0.3) is 0 Å². The SMILES string of the molecule is CCCCOc1c2c(c(OCCCC)c3c4nc5nc(nc6[nH]c(nc7nc(nc([nH]4)c13)-c1ccc(C(C)(C)C)cc1-7)c1c(OCCCC)c3c(c(OCCCC)c61)[C@H]1C=C[C@@H]3O1)-c1cc(C(C)(C)C)ccc1-5)[C@H]1C=C[C@@H]2O1. The number of nitrogens with zero attached hydrogens (tertiary/aromatic N) is 6. The highest BCUT2D eigenvalue weighted by Crippen LogP contribution is 2.60. The summed E-state index contributed by atoms with van der Waals surface area (Å²) in [6, 6.07) is 13.0. The van der Waals surface area contributed by atoms with Crippen LogP contribution in [0, 0.1) is 0 Å². The summed E-state index contributed by atoms with van der Waals surface area (Å²) in [5.41, 5.74) is 11.3. The highest BCUT2D eigenvalue weighted by atomic mass is 16.5. The van der Waals surface area contributed by atoms with Crippen LogP contribution in [0.3, 0.4) is 0 Å². The summed E-state index contributed by atoms with van der Waals surface area (Å²) >= 11 is 0. The molecule has 12 bridgehead atoms. The van der Waals surface area contributed by atoms with E-state index in [1.807, 2.05) is 0 Å². The van der Waals surface area contributed by atoms with Crippen LogP contribution in [0.5, 0.6) is 23.0 Å². The lowest BCUT2D eigenvalue weighted by Gasteiger charge is -2.20. The van der Waals surface area contributed by atoms with E-state index in [-0.39, 0.29) is 35.2 Å². The topological polar surface area (TPSA) is 164 Å². The number of benzene rings is 4. The average Bonchev–Trinajstić information content (AvgIpc) is 4.50. The number of rotatable bonds is 16. The number of nitrogens with one attached hydrogen (secondary N) is 2. The Morgan fingerprint density at radius 1 is 0.397 bits per heavy atom. The minimum atomic E-state index is -0.310. The molecule has 0 fully saturated rings. The number of H-pyrrole nitrogens is 2. The highest BCUT2D eigenvalue weighted by molar-refractivity contribution is 6.15. The monoisotopic (exact) mass is 1050 g/mol. The lowest BCUT2D eigenvalue weighted by Crippen LogP contribution is -2.10. The fourth-order valence-corrected chi connectivity index (χ4v) is 11.7. The molecule has 4 atom stereocenters. The Kier molecular flexibility index (Phi) is 12.5. The van der Waals surface area contributed by atoms with Gasteiger partial charge in [0.05, 0.1) is 48.0 Å². The first-order valence-corrected chi connectivity index (χ1v) is 28.6. The van der Waals surface area contributed by atoms with Gasteiger partial charge in [-0.25, -0.2) is 29.9 Å². The molecule has 402 valence electrons. The Morgan fingerprint density at radius 3 is 0.949 bits per heavy atom. The van der Waals surface area contributed by atoms with Crippen LogP contribution in [0.1, 0.15) is 178 Å². The molecule has 3 aromatic heterocycles. The average molecular weight is 1050 g/mol. The Balaban J connectivity index is 1.23. The minimum Gasteiger partial charge on any atom is -0.492 e. The zero-order valence-corrected chi connectivity index (χ0v) is 46.7. The zero-order chi connectivity index (χ0) is 53.8. The third kappa shape index (κ3) is 8.18. The fraction of sp³-hybridized carbons (Fsp3) is 0.438. The highest BCUT2D eigenvalue weighted by Gasteiger charge is 2.44. The van der Waals surface area contributed by atoms with Gasteiger partial charge in [0.1, 0.15) is 70.0 Å². The number of aromatic amines is 2. The predicted octanol–water partition coefficient (Wildman–Crippen LogP) is 15.5.